The highest BCUT2D eigenvalue weighted by Crippen LogP contribution is 2.17. The summed E-state index contributed by atoms with van der Waals surface area (Å²) in [5.41, 5.74) is 5.86. The van der Waals surface area contributed by atoms with Crippen LogP contribution in [0.4, 0.5) is 4.39 Å². The van der Waals surface area contributed by atoms with E-state index < -0.39 is 0 Å². The molecule has 0 aromatic heterocycles. The Hall–Kier alpha value is -0.690. The van der Waals surface area contributed by atoms with Crippen LogP contribution in [0.25, 0.3) is 0 Å². The van der Waals surface area contributed by atoms with Crippen LogP contribution in [-0.4, -0.2) is 30.9 Å². The van der Waals surface area contributed by atoms with Crippen LogP contribution in [-0.2, 0) is 0 Å². The van der Waals surface area contributed by atoms with E-state index in [0.717, 1.165) is 0 Å². The maximum Gasteiger partial charge on any atom is 0.253 e. The third kappa shape index (κ3) is 3.91. The van der Waals surface area contributed by atoms with Gasteiger partial charge in [0.15, 0.2) is 0 Å². The summed E-state index contributed by atoms with van der Waals surface area (Å²) in [6.45, 7) is 5.01. The third-order valence-electron chi connectivity index (χ3n) is 2.73. The number of benzene rings is 1. The van der Waals surface area contributed by atoms with Crippen LogP contribution in [0.1, 0.15) is 24.2 Å². The highest BCUT2D eigenvalue weighted by Gasteiger charge is 2.22. The van der Waals surface area contributed by atoms with E-state index >= 15 is 0 Å². The second-order valence-corrected chi connectivity index (χ2v) is 6.32. The fourth-order valence-corrected chi connectivity index (χ4v) is 1.96. The van der Waals surface area contributed by atoms with Gasteiger partial charge in [0, 0.05) is 22.7 Å². The largest absolute Gasteiger partial charge is 0.341 e. The molecule has 1 aromatic carbocycles. The third-order valence-corrected chi connectivity index (χ3v) is 3.61. The van der Waals surface area contributed by atoms with Crippen molar-refractivity contribution in [3.8, 4) is 0 Å². The Morgan fingerprint density at radius 2 is 2.11 bits per heavy atom. The monoisotopic (exact) mass is 364 g/mol. The molecule has 0 radical (unpaired) electrons. The summed E-state index contributed by atoms with van der Waals surface area (Å²) in [7, 11) is 1.70. The lowest BCUT2D eigenvalue weighted by Crippen LogP contribution is -2.39. The maximum absolute atomic E-state index is 13.4. The Morgan fingerprint density at radius 3 is 2.61 bits per heavy atom. The second-order valence-electron chi connectivity index (χ2n) is 5.16. The standard InChI is InChI=1S/C13H18FIN2O/c1-13(2,7-16)8-17(3)12(18)9-4-5-11(15)10(14)6-9/h4-6H,7-8,16H2,1-3H3. The van der Waals surface area contributed by atoms with E-state index in [9.17, 15) is 9.18 Å². The molecule has 0 aliphatic carbocycles. The summed E-state index contributed by atoms with van der Waals surface area (Å²) < 4.78 is 13.9. The van der Waals surface area contributed by atoms with E-state index in [1.165, 1.54) is 6.07 Å². The summed E-state index contributed by atoms with van der Waals surface area (Å²) >= 11 is 1.89. The lowest BCUT2D eigenvalue weighted by Gasteiger charge is -2.29. The van der Waals surface area contributed by atoms with Gasteiger partial charge in [0.25, 0.3) is 5.91 Å². The second kappa shape index (κ2) is 5.97. The molecule has 1 aromatic rings. The number of amides is 1. The molecule has 100 valence electrons. The molecule has 18 heavy (non-hydrogen) atoms. The number of rotatable bonds is 4. The molecule has 0 unspecified atom stereocenters. The molecule has 1 amide bonds. The number of carbonyl (C=O) groups excluding carboxylic acids is 1. The van der Waals surface area contributed by atoms with Gasteiger partial charge in [0.05, 0.1) is 0 Å². The fraction of sp³-hybridized carbons (Fsp3) is 0.462. The van der Waals surface area contributed by atoms with Crippen molar-refractivity contribution in [1.29, 1.82) is 0 Å². The molecule has 3 nitrogen and oxygen atoms in total. The molecule has 0 saturated carbocycles. The van der Waals surface area contributed by atoms with Crippen molar-refractivity contribution in [2.24, 2.45) is 11.1 Å². The maximum atomic E-state index is 13.4. The molecule has 0 saturated heterocycles. The zero-order valence-corrected chi connectivity index (χ0v) is 13.0. The van der Waals surface area contributed by atoms with Crippen molar-refractivity contribution in [1.82, 2.24) is 4.90 Å². The van der Waals surface area contributed by atoms with Gasteiger partial charge in [-0.25, -0.2) is 4.39 Å². The minimum absolute atomic E-state index is 0.147. The first-order valence-corrected chi connectivity index (χ1v) is 6.75. The Labute approximate surface area is 121 Å². The highest BCUT2D eigenvalue weighted by molar-refractivity contribution is 14.1. The predicted molar refractivity (Wildman–Crippen MR) is 78.9 cm³/mol. The van der Waals surface area contributed by atoms with Crippen LogP contribution in [0.3, 0.4) is 0 Å². The first kappa shape index (κ1) is 15.4. The Bertz CT molecular complexity index is 449. The predicted octanol–water partition coefficient (Wildman–Crippen LogP) is 2.49. The van der Waals surface area contributed by atoms with Gasteiger partial charge < -0.3 is 10.6 Å². The van der Waals surface area contributed by atoms with Crippen molar-refractivity contribution < 1.29 is 9.18 Å². The lowest BCUT2D eigenvalue weighted by atomic mass is 9.93. The smallest absolute Gasteiger partial charge is 0.253 e. The van der Waals surface area contributed by atoms with Gasteiger partial charge in [-0.3, -0.25) is 4.79 Å². The van der Waals surface area contributed by atoms with E-state index in [0.29, 0.717) is 22.2 Å². The SMILES string of the molecule is CN(CC(C)(C)CN)C(=O)c1ccc(I)c(F)c1. The minimum atomic E-state index is -0.368. The molecule has 0 aliphatic heterocycles. The van der Waals surface area contributed by atoms with Crippen LogP contribution in [0.5, 0.6) is 0 Å². The van der Waals surface area contributed by atoms with Gasteiger partial charge in [-0.15, -0.1) is 0 Å². The van der Waals surface area contributed by atoms with Crippen LogP contribution in [0, 0.1) is 14.8 Å². The zero-order chi connectivity index (χ0) is 13.9. The van der Waals surface area contributed by atoms with Crippen molar-refractivity contribution in [3.63, 3.8) is 0 Å². The number of nitrogens with zero attached hydrogens (tertiary/aromatic N) is 1. The summed E-state index contributed by atoms with van der Waals surface area (Å²) in [5.74, 6) is -0.556. The minimum Gasteiger partial charge on any atom is -0.341 e. The summed E-state index contributed by atoms with van der Waals surface area (Å²) in [6.07, 6.45) is 0. The molecule has 1 rings (SSSR count). The number of hydrogen-bond acceptors (Lipinski definition) is 2. The lowest BCUT2D eigenvalue weighted by molar-refractivity contribution is 0.0740. The Kier molecular flexibility index (Phi) is 5.10. The molecule has 0 bridgehead atoms. The van der Waals surface area contributed by atoms with E-state index in [2.05, 4.69) is 0 Å². The Balaban J connectivity index is 2.83. The van der Waals surface area contributed by atoms with Crippen LogP contribution in [0.15, 0.2) is 18.2 Å². The number of hydrogen-bond donors (Lipinski definition) is 1. The van der Waals surface area contributed by atoms with Crippen molar-refractivity contribution in [2.45, 2.75) is 13.8 Å². The van der Waals surface area contributed by atoms with Crippen molar-refractivity contribution >= 4 is 28.5 Å². The summed E-state index contributed by atoms with van der Waals surface area (Å²) in [4.78, 5) is 13.7. The van der Waals surface area contributed by atoms with E-state index in [1.807, 2.05) is 36.4 Å². The normalized spacial score (nSPS) is 11.4. The zero-order valence-electron chi connectivity index (χ0n) is 10.8. The molecule has 0 spiro atoms. The topological polar surface area (TPSA) is 46.3 Å². The number of halogens is 2. The van der Waals surface area contributed by atoms with Gasteiger partial charge in [-0.2, -0.15) is 0 Å². The van der Waals surface area contributed by atoms with Crippen LogP contribution in [0.2, 0.25) is 0 Å². The average molecular weight is 364 g/mol. The number of nitrogens with two attached hydrogens (primary N) is 1. The highest BCUT2D eigenvalue weighted by atomic mass is 127. The summed E-state index contributed by atoms with van der Waals surface area (Å²) in [5, 5.41) is 0. The molecular weight excluding hydrogens is 346 g/mol. The summed E-state index contributed by atoms with van der Waals surface area (Å²) in [6, 6.07) is 4.51. The molecule has 0 heterocycles. The molecule has 0 aliphatic rings. The molecular formula is C13H18FIN2O. The number of carbonyl (C=O) groups is 1. The molecule has 2 N–H and O–H groups in total. The van der Waals surface area contributed by atoms with E-state index in [-0.39, 0.29) is 17.1 Å². The molecule has 5 heteroatoms. The average Bonchev–Trinajstić information content (AvgIpc) is 2.31. The quantitative estimate of drug-likeness (QED) is 0.835. The van der Waals surface area contributed by atoms with Gasteiger partial charge in [0.2, 0.25) is 0 Å². The van der Waals surface area contributed by atoms with Gasteiger partial charge in [0.1, 0.15) is 5.82 Å². The van der Waals surface area contributed by atoms with Crippen molar-refractivity contribution in [3.05, 3.63) is 33.1 Å². The van der Waals surface area contributed by atoms with Crippen molar-refractivity contribution in [2.75, 3.05) is 20.1 Å². The van der Waals surface area contributed by atoms with E-state index in [1.54, 1.807) is 24.1 Å². The first-order chi connectivity index (χ1) is 8.26. The van der Waals surface area contributed by atoms with Gasteiger partial charge >= 0.3 is 0 Å². The van der Waals surface area contributed by atoms with Gasteiger partial charge in [-0.05, 0) is 52.7 Å². The van der Waals surface area contributed by atoms with Crippen LogP contribution < -0.4 is 5.73 Å². The molecule has 0 atom stereocenters. The van der Waals surface area contributed by atoms with Gasteiger partial charge in [-0.1, -0.05) is 13.8 Å². The van der Waals surface area contributed by atoms with E-state index in [4.69, 9.17) is 5.73 Å². The first-order valence-electron chi connectivity index (χ1n) is 5.67. The molecule has 0 fully saturated rings. The van der Waals surface area contributed by atoms with Crippen LogP contribution >= 0.6 is 22.6 Å². The Morgan fingerprint density at radius 1 is 1.50 bits per heavy atom. The fourth-order valence-electron chi connectivity index (χ4n) is 1.63.